The van der Waals surface area contributed by atoms with Crippen molar-refractivity contribution in [1.29, 1.82) is 0 Å². The van der Waals surface area contributed by atoms with Gasteiger partial charge in [-0.25, -0.2) is 13.8 Å². The van der Waals surface area contributed by atoms with E-state index >= 15 is 0 Å². The van der Waals surface area contributed by atoms with Gasteiger partial charge in [0.1, 0.15) is 16.7 Å². The number of benzene rings is 2. The number of alkyl halides is 2. The third-order valence-electron chi connectivity index (χ3n) is 4.38. The third-order valence-corrected chi connectivity index (χ3v) is 5.70. The lowest BCUT2D eigenvalue weighted by Crippen LogP contribution is -2.39. The van der Waals surface area contributed by atoms with E-state index in [4.69, 9.17) is 23.1 Å². The first-order valence-corrected chi connectivity index (χ1v) is 9.91. The van der Waals surface area contributed by atoms with Gasteiger partial charge in [-0.1, -0.05) is 35.1 Å². The SMILES string of the molecule is CC(C(N)=O)N(c1ccc(C(F)F)cc1)c1nc(N)c(C(=O)c2ccc(Cl)cc2)s1. The maximum Gasteiger partial charge on any atom is 0.263 e. The Bertz CT molecular complexity index is 1070. The topological polar surface area (TPSA) is 102 Å². The van der Waals surface area contributed by atoms with Crippen molar-refractivity contribution in [3.05, 3.63) is 69.6 Å². The van der Waals surface area contributed by atoms with Crippen molar-refractivity contribution in [2.75, 3.05) is 10.6 Å². The van der Waals surface area contributed by atoms with Crippen molar-refractivity contribution in [2.24, 2.45) is 5.73 Å². The number of nitrogens with two attached hydrogens (primary N) is 2. The molecular formula is C20H17ClF2N4O2S. The number of carbonyl (C=O) groups excluding carboxylic acids is 2. The molecule has 0 radical (unpaired) electrons. The Kier molecular flexibility index (Phi) is 6.33. The van der Waals surface area contributed by atoms with Gasteiger partial charge in [0.05, 0.1) is 0 Å². The van der Waals surface area contributed by atoms with Gasteiger partial charge in [0.25, 0.3) is 6.43 Å². The summed E-state index contributed by atoms with van der Waals surface area (Å²) in [5.41, 5.74) is 12.1. The molecule has 1 unspecified atom stereocenters. The third kappa shape index (κ3) is 4.42. The van der Waals surface area contributed by atoms with Crippen LogP contribution in [0.15, 0.2) is 48.5 Å². The van der Waals surface area contributed by atoms with Gasteiger partial charge in [0, 0.05) is 21.8 Å². The summed E-state index contributed by atoms with van der Waals surface area (Å²) in [5.74, 6) is -1.03. The van der Waals surface area contributed by atoms with Crippen LogP contribution in [0, 0.1) is 0 Å². The lowest BCUT2D eigenvalue weighted by atomic mass is 10.1. The number of hydrogen-bond donors (Lipinski definition) is 2. The molecule has 30 heavy (non-hydrogen) atoms. The zero-order valence-corrected chi connectivity index (χ0v) is 17.3. The van der Waals surface area contributed by atoms with E-state index in [1.54, 1.807) is 31.2 Å². The van der Waals surface area contributed by atoms with Crippen molar-refractivity contribution in [1.82, 2.24) is 4.98 Å². The second-order valence-corrected chi connectivity index (χ2v) is 7.80. The average molecular weight is 451 g/mol. The van der Waals surface area contributed by atoms with Crippen LogP contribution in [0.2, 0.25) is 5.02 Å². The molecule has 10 heteroatoms. The zero-order valence-electron chi connectivity index (χ0n) is 15.7. The molecule has 2 aromatic carbocycles. The summed E-state index contributed by atoms with van der Waals surface area (Å²) in [6.07, 6.45) is -2.62. The fourth-order valence-corrected chi connectivity index (χ4v) is 3.90. The summed E-state index contributed by atoms with van der Waals surface area (Å²) in [5, 5.41) is 0.721. The number of anilines is 3. The highest BCUT2D eigenvalue weighted by Crippen LogP contribution is 2.36. The van der Waals surface area contributed by atoms with Crippen molar-refractivity contribution < 1.29 is 18.4 Å². The van der Waals surface area contributed by atoms with Crippen LogP contribution in [0.25, 0.3) is 0 Å². The number of nitrogens with zero attached hydrogens (tertiary/aromatic N) is 2. The normalized spacial score (nSPS) is 12.0. The zero-order chi connectivity index (χ0) is 22.0. The Morgan fingerprint density at radius 2 is 1.70 bits per heavy atom. The lowest BCUT2D eigenvalue weighted by Gasteiger charge is -2.26. The maximum absolute atomic E-state index is 12.9. The minimum atomic E-state index is -2.62. The molecule has 0 fully saturated rings. The molecule has 0 saturated carbocycles. The maximum atomic E-state index is 12.9. The van der Waals surface area contributed by atoms with E-state index in [1.165, 1.54) is 29.2 Å². The van der Waals surface area contributed by atoms with Crippen LogP contribution in [0.5, 0.6) is 0 Å². The van der Waals surface area contributed by atoms with Gasteiger partial charge in [0.2, 0.25) is 11.7 Å². The molecule has 0 aliphatic rings. The van der Waals surface area contributed by atoms with E-state index < -0.39 is 18.4 Å². The molecular weight excluding hydrogens is 434 g/mol. The van der Waals surface area contributed by atoms with Crippen LogP contribution >= 0.6 is 22.9 Å². The highest BCUT2D eigenvalue weighted by Gasteiger charge is 2.27. The number of amides is 1. The Labute approximate surface area is 180 Å². The van der Waals surface area contributed by atoms with Gasteiger partial charge >= 0.3 is 0 Å². The molecule has 3 aromatic rings. The summed E-state index contributed by atoms with van der Waals surface area (Å²) >= 11 is 6.84. The largest absolute Gasteiger partial charge is 0.382 e. The van der Waals surface area contributed by atoms with Crippen LogP contribution in [-0.2, 0) is 4.79 Å². The number of thiazole rings is 1. The number of rotatable bonds is 7. The van der Waals surface area contributed by atoms with Crippen LogP contribution in [0.3, 0.4) is 0 Å². The molecule has 0 spiro atoms. The Morgan fingerprint density at radius 1 is 1.10 bits per heavy atom. The Balaban J connectivity index is 2.02. The van der Waals surface area contributed by atoms with Gasteiger partial charge in [0.15, 0.2) is 5.13 Å². The second kappa shape index (κ2) is 8.76. The highest BCUT2D eigenvalue weighted by molar-refractivity contribution is 7.18. The van der Waals surface area contributed by atoms with Gasteiger partial charge in [-0.3, -0.25) is 9.59 Å². The average Bonchev–Trinajstić information content (AvgIpc) is 3.09. The summed E-state index contributed by atoms with van der Waals surface area (Å²) in [7, 11) is 0. The van der Waals surface area contributed by atoms with Gasteiger partial charge in [-0.05, 0) is 43.3 Å². The van der Waals surface area contributed by atoms with Crippen LogP contribution in [0.1, 0.15) is 34.1 Å². The summed E-state index contributed by atoms with van der Waals surface area (Å²) in [6.45, 7) is 1.54. The molecule has 1 amide bonds. The quantitative estimate of drug-likeness (QED) is 0.514. The predicted octanol–water partition coefficient (Wildman–Crippen LogP) is 4.56. The first kappa shape index (κ1) is 21.7. The molecule has 6 nitrogen and oxygen atoms in total. The molecule has 4 N–H and O–H groups in total. The number of carbonyl (C=O) groups is 2. The Hall–Kier alpha value is -3.04. The highest BCUT2D eigenvalue weighted by atomic mass is 35.5. The van der Waals surface area contributed by atoms with E-state index in [-0.39, 0.29) is 27.2 Å². The fraction of sp³-hybridized carbons (Fsp3) is 0.150. The predicted molar refractivity (Wildman–Crippen MR) is 114 cm³/mol. The summed E-state index contributed by atoms with van der Waals surface area (Å²) < 4.78 is 25.8. The first-order chi connectivity index (χ1) is 14.2. The molecule has 0 aliphatic carbocycles. The van der Waals surface area contributed by atoms with E-state index in [2.05, 4.69) is 4.98 Å². The summed E-state index contributed by atoms with van der Waals surface area (Å²) in [4.78, 5) is 30.6. The molecule has 156 valence electrons. The molecule has 3 rings (SSSR count). The summed E-state index contributed by atoms with van der Waals surface area (Å²) in [6, 6.07) is 10.8. The van der Waals surface area contributed by atoms with Crippen molar-refractivity contribution in [3.63, 3.8) is 0 Å². The van der Waals surface area contributed by atoms with Gasteiger partial charge < -0.3 is 16.4 Å². The first-order valence-electron chi connectivity index (χ1n) is 8.72. The minimum absolute atomic E-state index is 0.0131. The van der Waals surface area contributed by atoms with E-state index in [1.807, 2.05) is 0 Å². The number of primary amides is 1. The van der Waals surface area contributed by atoms with Gasteiger partial charge in [-0.2, -0.15) is 0 Å². The van der Waals surface area contributed by atoms with Crippen molar-refractivity contribution in [3.8, 4) is 0 Å². The Morgan fingerprint density at radius 3 is 2.23 bits per heavy atom. The minimum Gasteiger partial charge on any atom is -0.382 e. The molecule has 1 atom stereocenters. The number of ketones is 1. The molecule has 0 bridgehead atoms. The van der Waals surface area contributed by atoms with Crippen molar-refractivity contribution in [2.45, 2.75) is 19.4 Å². The molecule has 1 heterocycles. The second-order valence-electron chi connectivity index (χ2n) is 6.39. The molecule has 1 aromatic heterocycles. The van der Waals surface area contributed by atoms with E-state index in [0.717, 1.165) is 11.3 Å². The smallest absolute Gasteiger partial charge is 0.263 e. The van der Waals surface area contributed by atoms with Crippen LogP contribution < -0.4 is 16.4 Å². The van der Waals surface area contributed by atoms with Crippen LogP contribution in [-0.4, -0.2) is 22.7 Å². The number of hydrogen-bond acceptors (Lipinski definition) is 6. The van der Waals surface area contributed by atoms with Crippen molar-refractivity contribution >= 4 is 51.3 Å². The van der Waals surface area contributed by atoms with Gasteiger partial charge in [-0.15, -0.1) is 0 Å². The number of halogens is 3. The molecule has 0 aliphatic heterocycles. The van der Waals surface area contributed by atoms with Crippen LogP contribution in [0.4, 0.5) is 25.4 Å². The lowest BCUT2D eigenvalue weighted by molar-refractivity contribution is -0.118. The fourth-order valence-electron chi connectivity index (χ4n) is 2.73. The van der Waals surface area contributed by atoms with E-state index in [0.29, 0.717) is 16.3 Å². The molecule has 0 saturated heterocycles. The standard InChI is InChI=1S/C20H17ClF2N4O2S/c1-10(19(25)29)27(14-8-4-12(5-9-14)17(22)23)20-26-18(24)16(30-20)15(28)11-2-6-13(21)7-3-11/h2-10,17H,24H2,1H3,(H2,25,29). The van der Waals surface area contributed by atoms with E-state index in [9.17, 15) is 18.4 Å². The monoisotopic (exact) mass is 450 g/mol. The number of nitrogen functional groups attached to an aromatic ring is 1. The number of aromatic nitrogens is 1.